The zero-order chi connectivity index (χ0) is 12.1. The van der Waals surface area contributed by atoms with Gasteiger partial charge in [0.25, 0.3) is 0 Å². The number of benzene rings is 1. The maximum Gasteiger partial charge on any atom is 0.123 e. The fourth-order valence-electron chi connectivity index (χ4n) is 1.51. The first-order valence-corrected chi connectivity index (χ1v) is 5.35. The number of aliphatic hydroxyl groups excluding tert-OH is 1. The maximum absolute atomic E-state index is 9.58. The van der Waals surface area contributed by atoms with E-state index in [1.807, 2.05) is 18.2 Å². The molecule has 3 N–H and O–H groups in total. The molecule has 4 nitrogen and oxygen atoms in total. The summed E-state index contributed by atoms with van der Waals surface area (Å²) in [7, 11) is 0. The Morgan fingerprint density at radius 2 is 1.88 bits per heavy atom. The van der Waals surface area contributed by atoms with Crippen LogP contribution in [0.2, 0.25) is 0 Å². The van der Waals surface area contributed by atoms with Crippen LogP contribution in [0.1, 0.15) is 11.1 Å². The van der Waals surface area contributed by atoms with Gasteiger partial charge in [-0.2, -0.15) is 0 Å². The van der Waals surface area contributed by atoms with Crippen LogP contribution in [0.15, 0.2) is 42.7 Å². The first-order valence-electron chi connectivity index (χ1n) is 5.35. The van der Waals surface area contributed by atoms with E-state index in [1.165, 1.54) is 0 Å². The van der Waals surface area contributed by atoms with Crippen LogP contribution in [0.4, 0.5) is 5.69 Å². The molecule has 0 amide bonds. The van der Waals surface area contributed by atoms with Crippen molar-refractivity contribution in [2.45, 2.75) is 13.2 Å². The van der Waals surface area contributed by atoms with E-state index in [9.17, 15) is 5.11 Å². The summed E-state index contributed by atoms with van der Waals surface area (Å²) < 4.78 is 0. The lowest BCUT2D eigenvalue weighted by Gasteiger charge is -2.08. The molecule has 0 atom stereocenters. The summed E-state index contributed by atoms with van der Waals surface area (Å²) in [5.41, 5.74) is 2.46. The van der Waals surface area contributed by atoms with Gasteiger partial charge in [0, 0.05) is 36.3 Å². The van der Waals surface area contributed by atoms with E-state index in [0.717, 1.165) is 11.3 Å². The summed E-state index contributed by atoms with van der Waals surface area (Å²) in [6, 6.07) is 8.98. The molecule has 0 fully saturated rings. The standard InChI is InChI=1S/C13H14N2O2/c16-9-11-1-2-12(7-13(11)17)15-8-10-3-5-14-6-4-10/h1-7,15-17H,8-9H2. The second kappa shape index (κ2) is 5.32. The van der Waals surface area contributed by atoms with Crippen molar-refractivity contribution < 1.29 is 10.2 Å². The number of aromatic hydroxyl groups is 1. The Hall–Kier alpha value is -2.07. The van der Waals surface area contributed by atoms with Gasteiger partial charge in [0.1, 0.15) is 5.75 Å². The van der Waals surface area contributed by atoms with E-state index in [0.29, 0.717) is 12.1 Å². The number of nitrogens with one attached hydrogen (secondary N) is 1. The Morgan fingerprint density at radius 3 is 2.53 bits per heavy atom. The number of aromatic nitrogens is 1. The van der Waals surface area contributed by atoms with Crippen molar-refractivity contribution in [3.8, 4) is 5.75 Å². The first kappa shape index (κ1) is 11.4. The Balaban J connectivity index is 2.02. The van der Waals surface area contributed by atoms with E-state index in [2.05, 4.69) is 10.3 Å². The summed E-state index contributed by atoms with van der Waals surface area (Å²) >= 11 is 0. The van der Waals surface area contributed by atoms with Gasteiger partial charge >= 0.3 is 0 Å². The van der Waals surface area contributed by atoms with Crippen LogP contribution in [-0.2, 0) is 13.2 Å². The van der Waals surface area contributed by atoms with Crippen molar-refractivity contribution in [1.29, 1.82) is 0 Å². The Morgan fingerprint density at radius 1 is 1.12 bits per heavy atom. The molecule has 4 heteroatoms. The average molecular weight is 230 g/mol. The highest BCUT2D eigenvalue weighted by Gasteiger charge is 2.01. The number of pyridine rings is 1. The number of anilines is 1. The van der Waals surface area contributed by atoms with Gasteiger partial charge < -0.3 is 15.5 Å². The maximum atomic E-state index is 9.58. The number of rotatable bonds is 4. The Labute approximate surface area is 99.6 Å². The van der Waals surface area contributed by atoms with Crippen molar-refractivity contribution in [2.75, 3.05) is 5.32 Å². The predicted octanol–water partition coefficient (Wildman–Crippen LogP) is 1.89. The monoisotopic (exact) mass is 230 g/mol. The van der Waals surface area contributed by atoms with Crippen LogP contribution in [-0.4, -0.2) is 15.2 Å². The number of aliphatic hydroxyl groups is 1. The minimum absolute atomic E-state index is 0.104. The molecule has 0 aliphatic carbocycles. The molecule has 1 heterocycles. The van der Waals surface area contributed by atoms with Crippen LogP contribution in [0.3, 0.4) is 0 Å². The average Bonchev–Trinajstić information content (AvgIpc) is 2.38. The molecule has 0 radical (unpaired) electrons. The molecule has 1 aromatic heterocycles. The molecule has 0 aliphatic heterocycles. The third-order valence-corrected chi connectivity index (χ3v) is 2.50. The highest BCUT2D eigenvalue weighted by molar-refractivity contribution is 5.51. The van der Waals surface area contributed by atoms with Crippen molar-refractivity contribution >= 4 is 5.69 Å². The lowest BCUT2D eigenvalue weighted by atomic mass is 10.2. The molecule has 17 heavy (non-hydrogen) atoms. The summed E-state index contributed by atoms with van der Waals surface area (Å²) in [5, 5.41) is 21.7. The largest absolute Gasteiger partial charge is 0.508 e. The predicted molar refractivity (Wildman–Crippen MR) is 65.6 cm³/mol. The summed E-state index contributed by atoms with van der Waals surface area (Å²) in [5.74, 6) is 0.104. The van der Waals surface area contributed by atoms with E-state index >= 15 is 0 Å². The van der Waals surface area contributed by atoms with Crippen LogP contribution >= 0.6 is 0 Å². The normalized spacial score (nSPS) is 10.2. The van der Waals surface area contributed by atoms with Gasteiger partial charge in [-0.05, 0) is 23.8 Å². The summed E-state index contributed by atoms with van der Waals surface area (Å²) in [6.07, 6.45) is 3.48. The molecule has 1 aromatic carbocycles. The number of phenols is 1. The highest BCUT2D eigenvalue weighted by Crippen LogP contribution is 2.22. The SMILES string of the molecule is OCc1ccc(NCc2ccncc2)cc1O. The molecular weight excluding hydrogens is 216 g/mol. The third-order valence-electron chi connectivity index (χ3n) is 2.50. The van der Waals surface area contributed by atoms with Crippen LogP contribution in [0, 0.1) is 0 Å². The van der Waals surface area contributed by atoms with E-state index in [4.69, 9.17) is 5.11 Å². The lowest BCUT2D eigenvalue weighted by molar-refractivity contribution is 0.275. The lowest BCUT2D eigenvalue weighted by Crippen LogP contribution is -1.99. The number of hydrogen-bond donors (Lipinski definition) is 3. The smallest absolute Gasteiger partial charge is 0.123 e. The van der Waals surface area contributed by atoms with E-state index in [-0.39, 0.29) is 12.4 Å². The molecule has 0 unspecified atom stereocenters. The fourth-order valence-corrected chi connectivity index (χ4v) is 1.51. The van der Waals surface area contributed by atoms with Gasteiger partial charge in [-0.1, -0.05) is 6.07 Å². The molecule has 0 spiro atoms. The van der Waals surface area contributed by atoms with Gasteiger partial charge in [0.2, 0.25) is 0 Å². The van der Waals surface area contributed by atoms with Crippen molar-refractivity contribution in [1.82, 2.24) is 4.98 Å². The quantitative estimate of drug-likeness (QED) is 0.750. The Kier molecular flexibility index (Phi) is 3.57. The second-order valence-corrected chi connectivity index (χ2v) is 3.71. The topological polar surface area (TPSA) is 65.4 Å². The van der Waals surface area contributed by atoms with Crippen molar-refractivity contribution in [2.24, 2.45) is 0 Å². The van der Waals surface area contributed by atoms with E-state index in [1.54, 1.807) is 24.5 Å². The Bertz CT molecular complexity index is 486. The molecule has 2 aromatic rings. The number of hydrogen-bond acceptors (Lipinski definition) is 4. The van der Waals surface area contributed by atoms with Crippen LogP contribution in [0.25, 0.3) is 0 Å². The van der Waals surface area contributed by atoms with Gasteiger partial charge in [0.15, 0.2) is 0 Å². The minimum atomic E-state index is -0.156. The molecule has 88 valence electrons. The molecule has 0 saturated heterocycles. The van der Waals surface area contributed by atoms with Gasteiger partial charge in [-0.15, -0.1) is 0 Å². The minimum Gasteiger partial charge on any atom is -0.508 e. The molecule has 0 bridgehead atoms. The zero-order valence-electron chi connectivity index (χ0n) is 9.30. The summed E-state index contributed by atoms with van der Waals surface area (Å²) in [4.78, 5) is 3.94. The number of nitrogens with zero attached hydrogens (tertiary/aromatic N) is 1. The third kappa shape index (κ3) is 2.95. The molecular formula is C13H14N2O2. The second-order valence-electron chi connectivity index (χ2n) is 3.71. The van der Waals surface area contributed by atoms with Crippen LogP contribution < -0.4 is 5.32 Å². The van der Waals surface area contributed by atoms with Gasteiger partial charge in [-0.25, -0.2) is 0 Å². The van der Waals surface area contributed by atoms with Crippen molar-refractivity contribution in [3.63, 3.8) is 0 Å². The van der Waals surface area contributed by atoms with Crippen LogP contribution in [0.5, 0.6) is 5.75 Å². The van der Waals surface area contributed by atoms with Gasteiger partial charge in [-0.3, -0.25) is 4.98 Å². The summed E-state index contributed by atoms with van der Waals surface area (Å²) in [6.45, 7) is 0.511. The van der Waals surface area contributed by atoms with Crippen molar-refractivity contribution in [3.05, 3.63) is 53.9 Å². The van der Waals surface area contributed by atoms with E-state index < -0.39 is 0 Å². The zero-order valence-corrected chi connectivity index (χ0v) is 9.30. The fraction of sp³-hybridized carbons (Fsp3) is 0.154. The molecule has 0 saturated carbocycles. The first-order chi connectivity index (χ1) is 8.29. The highest BCUT2D eigenvalue weighted by atomic mass is 16.3. The molecule has 0 aliphatic rings. The van der Waals surface area contributed by atoms with Gasteiger partial charge in [0.05, 0.1) is 6.61 Å². The molecule has 2 rings (SSSR count).